The van der Waals surface area contributed by atoms with E-state index >= 15 is 0 Å². The Hall–Kier alpha value is -0.470. The van der Waals surface area contributed by atoms with Crippen molar-refractivity contribution in [2.24, 2.45) is 0 Å². The van der Waals surface area contributed by atoms with Crippen molar-refractivity contribution in [1.82, 2.24) is 10.0 Å². The minimum Gasteiger partial charge on any atom is -0.377 e. The largest absolute Gasteiger partial charge is 0.377 e. The molecule has 2 atom stereocenters. The third-order valence-electron chi connectivity index (χ3n) is 3.62. The number of hydrogen-bond acceptors (Lipinski definition) is 5. The SMILES string of the molecule is CCCNCc1cc(S(=O)(=O)NC2CCOC2C)c(C)s1. The van der Waals surface area contributed by atoms with Crippen LogP contribution in [0.5, 0.6) is 0 Å². The van der Waals surface area contributed by atoms with Crippen LogP contribution < -0.4 is 10.0 Å². The molecule has 2 heterocycles. The number of ether oxygens (including phenoxy) is 1. The van der Waals surface area contributed by atoms with Crippen molar-refractivity contribution in [1.29, 1.82) is 0 Å². The summed E-state index contributed by atoms with van der Waals surface area (Å²) in [7, 11) is -3.46. The van der Waals surface area contributed by atoms with Gasteiger partial charge in [-0.3, -0.25) is 0 Å². The fraction of sp³-hybridized carbons (Fsp3) is 0.714. The third-order valence-corrected chi connectivity index (χ3v) is 6.42. The van der Waals surface area contributed by atoms with Crippen LogP contribution in [0.2, 0.25) is 0 Å². The fourth-order valence-corrected chi connectivity index (χ4v) is 5.36. The van der Waals surface area contributed by atoms with Crippen LogP contribution in [0.3, 0.4) is 0 Å². The second kappa shape index (κ2) is 7.19. The van der Waals surface area contributed by atoms with Gasteiger partial charge in [-0.2, -0.15) is 0 Å². The second-order valence-electron chi connectivity index (χ2n) is 5.40. The summed E-state index contributed by atoms with van der Waals surface area (Å²) in [6.07, 6.45) is 1.73. The first-order valence-corrected chi connectivity index (χ1v) is 9.68. The van der Waals surface area contributed by atoms with Gasteiger partial charge in [0.25, 0.3) is 0 Å². The Morgan fingerprint density at radius 3 is 2.86 bits per heavy atom. The Morgan fingerprint density at radius 2 is 2.24 bits per heavy atom. The van der Waals surface area contributed by atoms with Crippen LogP contribution in [0.1, 0.15) is 36.4 Å². The van der Waals surface area contributed by atoms with E-state index in [1.807, 2.05) is 13.8 Å². The van der Waals surface area contributed by atoms with Crippen molar-refractivity contribution in [3.63, 3.8) is 0 Å². The molecule has 1 aromatic heterocycles. The lowest BCUT2D eigenvalue weighted by molar-refractivity contribution is 0.117. The van der Waals surface area contributed by atoms with Crippen molar-refractivity contribution in [2.45, 2.75) is 57.2 Å². The van der Waals surface area contributed by atoms with Crippen LogP contribution in [0, 0.1) is 6.92 Å². The van der Waals surface area contributed by atoms with Gasteiger partial charge in [-0.05, 0) is 39.3 Å². The zero-order chi connectivity index (χ0) is 15.5. The first-order valence-electron chi connectivity index (χ1n) is 7.38. The maximum Gasteiger partial charge on any atom is 0.242 e. The smallest absolute Gasteiger partial charge is 0.242 e. The van der Waals surface area contributed by atoms with E-state index in [0.717, 1.165) is 35.7 Å². The molecule has 1 saturated heterocycles. The number of nitrogens with one attached hydrogen (secondary N) is 2. The minimum absolute atomic E-state index is 0.0654. The molecule has 0 aliphatic carbocycles. The van der Waals surface area contributed by atoms with Crippen molar-refractivity contribution in [3.05, 3.63) is 15.8 Å². The lowest BCUT2D eigenvalue weighted by atomic mass is 10.2. The number of thiophene rings is 1. The van der Waals surface area contributed by atoms with Gasteiger partial charge >= 0.3 is 0 Å². The van der Waals surface area contributed by atoms with E-state index in [9.17, 15) is 8.42 Å². The van der Waals surface area contributed by atoms with Crippen LogP contribution in [0.15, 0.2) is 11.0 Å². The van der Waals surface area contributed by atoms with Crippen LogP contribution in [-0.4, -0.2) is 33.7 Å². The third kappa shape index (κ3) is 4.26. The highest BCUT2D eigenvalue weighted by Gasteiger charge is 2.30. The Balaban J connectivity index is 2.08. The standard InChI is InChI=1S/C14H24N2O3S2/c1-4-6-15-9-12-8-14(11(3)20-12)21(17,18)16-13-5-7-19-10(13)2/h8,10,13,15-16H,4-7,9H2,1-3H3. The summed E-state index contributed by atoms with van der Waals surface area (Å²) >= 11 is 1.54. The van der Waals surface area contributed by atoms with Gasteiger partial charge in [-0.25, -0.2) is 13.1 Å². The number of sulfonamides is 1. The number of rotatable bonds is 7. The summed E-state index contributed by atoms with van der Waals surface area (Å²) < 4.78 is 33.2. The molecule has 2 rings (SSSR count). The maximum atomic E-state index is 12.5. The molecule has 0 amide bonds. The highest BCUT2D eigenvalue weighted by molar-refractivity contribution is 7.89. The Kier molecular flexibility index (Phi) is 5.79. The van der Waals surface area contributed by atoms with Gasteiger partial charge in [-0.15, -0.1) is 11.3 Å². The first-order chi connectivity index (χ1) is 9.94. The van der Waals surface area contributed by atoms with Crippen LogP contribution >= 0.6 is 11.3 Å². The number of aryl methyl sites for hydroxylation is 1. The fourth-order valence-electron chi connectivity index (χ4n) is 2.42. The van der Waals surface area contributed by atoms with E-state index in [1.165, 1.54) is 11.3 Å². The molecule has 2 unspecified atom stereocenters. The average Bonchev–Trinajstić information content (AvgIpc) is 2.97. The summed E-state index contributed by atoms with van der Waals surface area (Å²) in [5.74, 6) is 0. The first kappa shape index (κ1) is 16.9. The highest BCUT2D eigenvalue weighted by atomic mass is 32.2. The Labute approximate surface area is 131 Å². The van der Waals surface area contributed by atoms with E-state index in [-0.39, 0.29) is 12.1 Å². The average molecular weight is 332 g/mol. The molecule has 0 saturated carbocycles. The van der Waals surface area contributed by atoms with E-state index < -0.39 is 10.0 Å². The van der Waals surface area contributed by atoms with E-state index in [1.54, 1.807) is 6.07 Å². The molecule has 120 valence electrons. The van der Waals surface area contributed by atoms with Crippen LogP contribution in [-0.2, 0) is 21.3 Å². The van der Waals surface area contributed by atoms with Crippen molar-refractivity contribution < 1.29 is 13.2 Å². The molecule has 7 heteroatoms. The Bertz CT molecular complexity index is 569. The molecule has 1 aromatic rings. The molecule has 0 radical (unpaired) electrons. The normalized spacial score (nSPS) is 22.8. The quantitative estimate of drug-likeness (QED) is 0.750. The molecule has 5 nitrogen and oxygen atoms in total. The van der Waals surface area contributed by atoms with Crippen molar-refractivity contribution in [2.75, 3.05) is 13.2 Å². The summed E-state index contributed by atoms with van der Waals surface area (Å²) in [6, 6.07) is 1.65. The van der Waals surface area contributed by atoms with Gasteiger partial charge in [0.15, 0.2) is 0 Å². The van der Waals surface area contributed by atoms with E-state index in [4.69, 9.17) is 4.74 Å². The molecule has 0 spiro atoms. The summed E-state index contributed by atoms with van der Waals surface area (Å²) in [5.41, 5.74) is 0. The second-order valence-corrected chi connectivity index (χ2v) is 8.43. The molecule has 1 fully saturated rings. The monoisotopic (exact) mass is 332 g/mol. The molecule has 0 bridgehead atoms. The zero-order valence-electron chi connectivity index (χ0n) is 12.8. The van der Waals surface area contributed by atoms with Gasteiger partial charge in [0, 0.05) is 22.9 Å². The van der Waals surface area contributed by atoms with Crippen molar-refractivity contribution in [3.8, 4) is 0 Å². The number of hydrogen-bond donors (Lipinski definition) is 2. The zero-order valence-corrected chi connectivity index (χ0v) is 14.4. The van der Waals surface area contributed by atoms with Gasteiger partial charge in [0.1, 0.15) is 0 Å². The summed E-state index contributed by atoms with van der Waals surface area (Å²) in [5, 5.41) is 3.30. The summed E-state index contributed by atoms with van der Waals surface area (Å²) in [4.78, 5) is 2.29. The van der Waals surface area contributed by atoms with Gasteiger partial charge in [-0.1, -0.05) is 6.92 Å². The molecule has 2 N–H and O–H groups in total. The minimum atomic E-state index is -3.46. The lowest BCUT2D eigenvalue weighted by Crippen LogP contribution is -2.39. The van der Waals surface area contributed by atoms with Gasteiger partial charge in [0.05, 0.1) is 17.0 Å². The predicted octanol–water partition coefficient (Wildman–Crippen LogP) is 2.01. The predicted molar refractivity (Wildman–Crippen MR) is 85.2 cm³/mol. The topological polar surface area (TPSA) is 67.4 Å². The van der Waals surface area contributed by atoms with Crippen LogP contribution in [0.4, 0.5) is 0 Å². The Morgan fingerprint density at radius 1 is 1.48 bits per heavy atom. The molecule has 1 aliphatic heterocycles. The van der Waals surface area contributed by atoms with Gasteiger partial charge < -0.3 is 10.1 Å². The van der Waals surface area contributed by atoms with E-state index in [2.05, 4.69) is 17.0 Å². The highest BCUT2D eigenvalue weighted by Crippen LogP contribution is 2.26. The molecule has 21 heavy (non-hydrogen) atoms. The lowest BCUT2D eigenvalue weighted by Gasteiger charge is -2.15. The molecule has 0 aromatic carbocycles. The van der Waals surface area contributed by atoms with Crippen LogP contribution in [0.25, 0.3) is 0 Å². The molecule has 1 aliphatic rings. The summed E-state index contributed by atoms with van der Waals surface area (Å²) in [6.45, 7) is 8.14. The maximum absolute atomic E-state index is 12.5. The molecular formula is C14H24N2O3S2. The molecular weight excluding hydrogens is 308 g/mol. The van der Waals surface area contributed by atoms with Crippen molar-refractivity contribution >= 4 is 21.4 Å². The van der Waals surface area contributed by atoms with Gasteiger partial charge in [0.2, 0.25) is 10.0 Å². The van der Waals surface area contributed by atoms with E-state index in [0.29, 0.717) is 11.5 Å².